The van der Waals surface area contributed by atoms with E-state index >= 15 is 0 Å². The summed E-state index contributed by atoms with van der Waals surface area (Å²) in [5.74, 6) is -0.336. The normalized spacial score (nSPS) is 10.7. The lowest BCUT2D eigenvalue weighted by Crippen LogP contribution is -2.31. The summed E-state index contributed by atoms with van der Waals surface area (Å²) in [4.78, 5) is 26.2. The number of rotatable bonds is 10. The van der Waals surface area contributed by atoms with Gasteiger partial charge in [0.25, 0.3) is 5.91 Å². The Bertz CT molecular complexity index is 831. The Morgan fingerprint density at radius 2 is 1.66 bits per heavy atom. The van der Waals surface area contributed by atoms with Gasteiger partial charge < -0.3 is 15.5 Å². The van der Waals surface area contributed by atoms with Crippen molar-refractivity contribution in [2.75, 3.05) is 32.1 Å². The molecule has 0 aliphatic rings. The van der Waals surface area contributed by atoms with E-state index in [1.807, 2.05) is 43.3 Å². The average Bonchev–Trinajstić information content (AvgIpc) is 2.73. The largest absolute Gasteiger partial charge is 0.378 e. The molecule has 2 N–H and O–H groups in total. The van der Waals surface area contributed by atoms with Crippen LogP contribution >= 0.6 is 0 Å². The molecule has 2 aromatic carbocycles. The van der Waals surface area contributed by atoms with Crippen LogP contribution in [0.25, 0.3) is 0 Å². The van der Waals surface area contributed by atoms with E-state index in [0.717, 1.165) is 18.5 Å². The summed E-state index contributed by atoms with van der Waals surface area (Å²) in [5.41, 5.74) is 2.68. The van der Waals surface area contributed by atoms with E-state index in [1.54, 1.807) is 24.3 Å². The first-order valence-corrected chi connectivity index (χ1v) is 9.84. The Hall–Kier alpha value is -3.22. The van der Waals surface area contributed by atoms with Gasteiger partial charge in [0.2, 0.25) is 5.91 Å². The molecule has 2 rings (SSSR count). The van der Waals surface area contributed by atoms with Crippen LogP contribution in [-0.2, 0) is 4.79 Å². The number of amides is 2. The summed E-state index contributed by atoms with van der Waals surface area (Å²) < 4.78 is 0. The lowest BCUT2D eigenvalue weighted by Gasteiger charge is -2.11. The Kier molecular flexibility index (Phi) is 8.82. The number of unbranched alkanes of at least 4 members (excludes halogenated alkanes) is 1. The van der Waals surface area contributed by atoms with Crippen LogP contribution in [0.1, 0.15) is 36.5 Å². The number of nitrogens with zero attached hydrogens (tertiary/aromatic N) is 3. The Labute approximate surface area is 172 Å². The van der Waals surface area contributed by atoms with E-state index in [1.165, 1.54) is 0 Å². The van der Waals surface area contributed by atoms with E-state index in [0.29, 0.717) is 23.5 Å². The van der Waals surface area contributed by atoms with Gasteiger partial charge in [-0.3, -0.25) is 9.59 Å². The minimum Gasteiger partial charge on any atom is -0.378 e. The first-order valence-electron chi connectivity index (χ1n) is 9.84. The van der Waals surface area contributed by atoms with Crippen LogP contribution in [0, 0.1) is 0 Å². The minimum absolute atomic E-state index is 0.0621. The van der Waals surface area contributed by atoms with Crippen molar-refractivity contribution in [2.45, 2.75) is 26.2 Å². The van der Waals surface area contributed by atoms with Crippen molar-refractivity contribution in [3.05, 3.63) is 54.1 Å². The number of carbonyl (C=O) groups is 2. The number of anilines is 1. The lowest BCUT2D eigenvalue weighted by molar-refractivity contribution is -0.120. The van der Waals surface area contributed by atoms with Crippen LogP contribution in [0.3, 0.4) is 0 Å². The molecule has 29 heavy (non-hydrogen) atoms. The number of hydrogen-bond acceptors (Lipinski definition) is 5. The number of benzene rings is 2. The molecule has 0 unspecified atom stereocenters. The van der Waals surface area contributed by atoms with Crippen molar-refractivity contribution in [3.8, 4) is 0 Å². The molecule has 2 aromatic rings. The predicted molar refractivity (Wildman–Crippen MR) is 116 cm³/mol. The molecule has 0 radical (unpaired) electrons. The fraction of sp³-hybridized carbons (Fsp3) is 0.364. The second kappa shape index (κ2) is 11.6. The zero-order valence-electron chi connectivity index (χ0n) is 17.3. The van der Waals surface area contributed by atoms with Gasteiger partial charge in [0.15, 0.2) is 0 Å². The molecule has 0 bridgehead atoms. The third kappa shape index (κ3) is 7.37. The number of nitrogens with one attached hydrogen (secondary N) is 2. The molecule has 154 valence electrons. The number of azo groups is 1. The highest BCUT2D eigenvalue weighted by atomic mass is 16.2. The second-order valence-corrected chi connectivity index (χ2v) is 6.84. The third-order valence-corrected chi connectivity index (χ3v) is 4.28. The predicted octanol–water partition coefficient (Wildman–Crippen LogP) is 4.20. The fourth-order valence-electron chi connectivity index (χ4n) is 2.56. The first kappa shape index (κ1) is 22.1. The first-order chi connectivity index (χ1) is 14.0. The summed E-state index contributed by atoms with van der Waals surface area (Å²) in [5, 5.41) is 14.1. The van der Waals surface area contributed by atoms with E-state index in [4.69, 9.17) is 0 Å². The molecular weight excluding hydrogens is 366 g/mol. The summed E-state index contributed by atoms with van der Waals surface area (Å²) in [6.07, 6.45) is 2.23. The maximum absolute atomic E-state index is 12.5. The summed E-state index contributed by atoms with van der Waals surface area (Å²) in [6.45, 7) is 3.01. The summed E-state index contributed by atoms with van der Waals surface area (Å²) in [7, 11) is 3.94. The van der Waals surface area contributed by atoms with Gasteiger partial charge >= 0.3 is 0 Å². The molecule has 0 aromatic heterocycles. The van der Waals surface area contributed by atoms with Crippen molar-refractivity contribution >= 4 is 28.9 Å². The van der Waals surface area contributed by atoms with Crippen molar-refractivity contribution in [1.82, 2.24) is 10.6 Å². The highest BCUT2D eigenvalue weighted by molar-refractivity contribution is 5.99. The molecule has 7 heteroatoms. The lowest BCUT2D eigenvalue weighted by atomic mass is 10.1. The standard InChI is InChI=1S/C22H29N5O2/c1-4-5-15-23-21(28)14-16-24-22(29)19-8-6-7-9-20(19)26-25-17-10-12-18(13-11-17)27(2)3/h6-13H,4-5,14-16H2,1-3H3,(H,23,28)(H,24,29)/b26-25+. The van der Waals surface area contributed by atoms with E-state index in [-0.39, 0.29) is 24.8 Å². The highest BCUT2D eigenvalue weighted by Gasteiger charge is 2.11. The maximum Gasteiger partial charge on any atom is 0.253 e. The molecule has 0 aliphatic heterocycles. The molecule has 0 saturated heterocycles. The van der Waals surface area contributed by atoms with E-state index in [9.17, 15) is 9.59 Å². The molecule has 0 heterocycles. The van der Waals surface area contributed by atoms with Crippen LogP contribution in [0.5, 0.6) is 0 Å². The third-order valence-electron chi connectivity index (χ3n) is 4.28. The number of carbonyl (C=O) groups excluding carboxylic acids is 2. The topological polar surface area (TPSA) is 86.2 Å². The smallest absolute Gasteiger partial charge is 0.253 e. The van der Waals surface area contributed by atoms with Crippen molar-refractivity contribution in [2.24, 2.45) is 10.2 Å². The second-order valence-electron chi connectivity index (χ2n) is 6.84. The van der Waals surface area contributed by atoms with Gasteiger partial charge in [0.05, 0.1) is 16.9 Å². The van der Waals surface area contributed by atoms with Crippen molar-refractivity contribution in [1.29, 1.82) is 0 Å². The molecule has 0 atom stereocenters. The van der Waals surface area contributed by atoms with Gasteiger partial charge in [-0.15, -0.1) is 5.11 Å². The molecule has 7 nitrogen and oxygen atoms in total. The maximum atomic E-state index is 12.5. The van der Waals surface area contributed by atoms with Gasteiger partial charge in [0.1, 0.15) is 0 Å². The molecule has 0 fully saturated rings. The van der Waals surface area contributed by atoms with Crippen LogP contribution in [-0.4, -0.2) is 39.0 Å². The van der Waals surface area contributed by atoms with Gasteiger partial charge in [-0.05, 0) is 42.8 Å². The van der Waals surface area contributed by atoms with Crippen molar-refractivity contribution < 1.29 is 9.59 Å². The van der Waals surface area contributed by atoms with Crippen LogP contribution in [0.4, 0.5) is 17.1 Å². The Morgan fingerprint density at radius 3 is 2.34 bits per heavy atom. The van der Waals surface area contributed by atoms with Crippen LogP contribution < -0.4 is 15.5 Å². The molecule has 0 aliphatic carbocycles. The van der Waals surface area contributed by atoms with Gasteiger partial charge in [-0.25, -0.2) is 0 Å². The highest BCUT2D eigenvalue weighted by Crippen LogP contribution is 2.23. The SMILES string of the molecule is CCCCNC(=O)CCNC(=O)c1ccccc1/N=N/c1ccc(N(C)C)cc1. The molecule has 0 saturated carbocycles. The number of hydrogen-bond donors (Lipinski definition) is 2. The van der Waals surface area contributed by atoms with E-state index < -0.39 is 0 Å². The van der Waals surface area contributed by atoms with Crippen molar-refractivity contribution in [3.63, 3.8) is 0 Å². The summed E-state index contributed by atoms with van der Waals surface area (Å²) >= 11 is 0. The van der Waals surface area contributed by atoms with Gasteiger partial charge in [0, 0.05) is 39.3 Å². The zero-order chi connectivity index (χ0) is 21.1. The fourth-order valence-corrected chi connectivity index (χ4v) is 2.56. The average molecular weight is 396 g/mol. The molecule has 0 spiro atoms. The van der Waals surface area contributed by atoms with Crippen LogP contribution in [0.2, 0.25) is 0 Å². The molecule has 2 amide bonds. The Balaban J connectivity index is 1.95. The van der Waals surface area contributed by atoms with Gasteiger partial charge in [-0.2, -0.15) is 5.11 Å². The molecular formula is C22H29N5O2. The quantitative estimate of drug-likeness (QED) is 0.467. The monoisotopic (exact) mass is 395 g/mol. The summed E-state index contributed by atoms with van der Waals surface area (Å²) in [6, 6.07) is 14.7. The van der Waals surface area contributed by atoms with Crippen LogP contribution in [0.15, 0.2) is 58.8 Å². The zero-order valence-corrected chi connectivity index (χ0v) is 17.3. The minimum atomic E-state index is -0.274. The van der Waals surface area contributed by atoms with Gasteiger partial charge in [-0.1, -0.05) is 25.5 Å². The van der Waals surface area contributed by atoms with E-state index in [2.05, 4.69) is 27.8 Å². The Morgan fingerprint density at radius 1 is 0.931 bits per heavy atom.